The van der Waals surface area contributed by atoms with Crippen molar-refractivity contribution in [3.63, 3.8) is 0 Å². The number of thiophene rings is 1. The van der Waals surface area contributed by atoms with Crippen LogP contribution in [0.2, 0.25) is 0 Å². The highest BCUT2D eigenvalue weighted by Gasteiger charge is 2.66. The van der Waals surface area contributed by atoms with E-state index in [0.29, 0.717) is 24.6 Å². The highest BCUT2D eigenvalue weighted by atomic mass is 79.9. The van der Waals surface area contributed by atoms with Crippen LogP contribution in [-0.2, 0) is 11.3 Å². The van der Waals surface area contributed by atoms with Gasteiger partial charge in [0.25, 0.3) is 0 Å². The quantitative estimate of drug-likeness (QED) is 0.857. The molecule has 2 N–H and O–H groups in total. The Bertz CT molecular complexity index is 558. The van der Waals surface area contributed by atoms with E-state index >= 15 is 0 Å². The smallest absolute Gasteiger partial charge is 0.315 e. The largest absolute Gasteiger partial charge is 0.377 e. The number of ether oxygens (including phenoxy) is 1. The van der Waals surface area contributed by atoms with Crippen LogP contribution in [0.25, 0.3) is 0 Å². The normalized spacial score (nSPS) is 32.1. The molecule has 3 atom stereocenters. The molecule has 6 heteroatoms. The fourth-order valence-electron chi connectivity index (χ4n) is 4.26. The maximum atomic E-state index is 12.2. The molecule has 1 spiro atoms. The van der Waals surface area contributed by atoms with Crippen molar-refractivity contribution in [2.24, 2.45) is 11.3 Å². The summed E-state index contributed by atoms with van der Waals surface area (Å²) in [6, 6.07) is 4.32. The molecule has 21 heavy (non-hydrogen) atoms. The van der Waals surface area contributed by atoms with E-state index in [1.807, 2.05) is 12.1 Å². The van der Waals surface area contributed by atoms with E-state index in [1.54, 1.807) is 11.3 Å². The van der Waals surface area contributed by atoms with Crippen LogP contribution in [0.4, 0.5) is 4.79 Å². The van der Waals surface area contributed by atoms with Gasteiger partial charge >= 0.3 is 6.03 Å². The molecule has 2 saturated carbocycles. The molecule has 2 amide bonds. The number of urea groups is 1. The fourth-order valence-corrected chi connectivity index (χ4v) is 5.69. The molecule has 0 aromatic carbocycles. The van der Waals surface area contributed by atoms with Crippen molar-refractivity contribution in [2.75, 3.05) is 6.61 Å². The maximum absolute atomic E-state index is 12.2. The molecule has 2 heterocycles. The average Bonchev–Trinajstić information content (AvgIpc) is 3.00. The summed E-state index contributed by atoms with van der Waals surface area (Å²) in [6.07, 6.45) is 5.18. The van der Waals surface area contributed by atoms with Gasteiger partial charge in [-0.05, 0) is 47.3 Å². The predicted molar refractivity (Wildman–Crippen MR) is 85.3 cm³/mol. The lowest BCUT2D eigenvalue weighted by Crippen LogP contribution is -2.72. The summed E-state index contributed by atoms with van der Waals surface area (Å²) in [5.41, 5.74) is 0.254. The minimum Gasteiger partial charge on any atom is -0.377 e. The highest BCUT2D eigenvalue weighted by Crippen LogP contribution is 2.62. The van der Waals surface area contributed by atoms with Gasteiger partial charge in [0.1, 0.15) is 0 Å². The number of carbonyl (C=O) groups is 1. The number of amides is 2. The van der Waals surface area contributed by atoms with E-state index in [-0.39, 0.29) is 11.4 Å². The lowest BCUT2D eigenvalue weighted by Gasteiger charge is -2.63. The zero-order valence-electron chi connectivity index (χ0n) is 11.7. The molecule has 1 aliphatic heterocycles. The van der Waals surface area contributed by atoms with Crippen molar-refractivity contribution >= 4 is 33.3 Å². The van der Waals surface area contributed by atoms with E-state index in [1.165, 1.54) is 19.3 Å². The number of rotatable bonds is 3. The lowest BCUT2D eigenvalue weighted by molar-refractivity contribution is -0.172. The molecule has 1 aromatic rings. The molecule has 3 aliphatic rings. The van der Waals surface area contributed by atoms with Crippen LogP contribution in [-0.4, -0.2) is 24.8 Å². The summed E-state index contributed by atoms with van der Waals surface area (Å²) < 4.78 is 6.97. The summed E-state index contributed by atoms with van der Waals surface area (Å²) >= 11 is 5.09. The summed E-state index contributed by atoms with van der Waals surface area (Å²) in [6.45, 7) is 1.45. The van der Waals surface area contributed by atoms with Crippen molar-refractivity contribution in [2.45, 2.75) is 44.4 Å². The van der Waals surface area contributed by atoms with Gasteiger partial charge in [-0.3, -0.25) is 0 Å². The monoisotopic (exact) mass is 370 g/mol. The summed E-state index contributed by atoms with van der Waals surface area (Å²) in [5.74, 6) is 0.534. The van der Waals surface area contributed by atoms with Gasteiger partial charge < -0.3 is 15.4 Å². The first kappa shape index (κ1) is 14.0. The van der Waals surface area contributed by atoms with Crippen LogP contribution in [0.15, 0.2) is 15.9 Å². The highest BCUT2D eigenvalue weighted by molar-refractivity contribution is 9.11. The van der Waals surface area contributed by atoms with Gasteiger partial charge in [0.05, 0.1) is 16.4 Å². The number of fused-ring (bicyclic) bond motifs is 2. The zero-order chi connectivity index (χ0) is 14.4. The van der Waals surface area contributed by atoms with E-state index in [9.17, 15) is 4.79 Å². The van der Waals surface area contributed by atoms with E-state index in [0.717, 1.165) is 21.7 Å². The molecular weight excluding hydrogens is 352 g/mol. The van der Waals surface area contributed by atoms with Crippen LogP contribution in [0.1, 0.15) is 30.6 Å². The Kier molecular flexibility index (Phi) is 3.51. The average molecular weight is 371 g/mol. The molecule has 0 bridgehead atoms. The minimum absolute atomic E-state index is 0.0406. The fraction of sp³-hybridized carbons (Fsp3) is 0.667. The second kappa shape index (κ2) is 5.25. The van der Waals surface area contributed by atoms with E-state index in [2.05, 4.69) is 26.6 Å². The molecule has 4 nitrogen and oxygen atoms in total. The molecule has 3 fully saturated rings. The second-order valence-electron chi connectivity index (χ2n) is 6.34. The topological polar surface area (TPSA) is 50.4 Å². The number of halogens is 1. The molecule has 3 unspecified atom stereocenters. The Morgan fingerprint density at radius 1 is 1.48 bits per heavy atom. The number of hydrogen-bond acceptors (Lipinski definition) is 3. The molecule has 1 aromatic heterocycles. The summed E-state index contributed by atoms with van der Waals surface area (Å²) in [5, 5.41) is 6.20. The molecular formula is C15H19BrN2O2S. The Balaban J connectivity index is 1.34. The first-order chi connectivity index (χ1) is 10.2. The van der Waals surface area contributed by atoms with Crippen molar-refractivity contribution in [1.82, 2.24) is 10.6 Å². The van der Waals surface area contributed by atoms with Gasteiger partial charge in [-0.25, -0.2) is 4.79 Å². The van der Waals surface area contributed by atoms with E-state index in [4.69, 9.17) is 4.74 Å². The Morgan fingerprint density at radius 2 is 2.33 bits per heavy atom. The van der Waals surface area contributed by atoms with Gasteiger partial charge in [-0.1, -0.05) is 6.42 Å². The van der Waals surface area contributed by atoms with Gasteiger partial charge in [0, 0.05) is 28.9 Å². The Morgan fingerprint density at radius 3 is 3.00 bits per heavy atom. The first-order valence-corrected chi connectivity index (χ1v) is 9.20. The first-order valence-electron chi connectivity index (χ1n) is 7.59. The third kappa shape index (κ3) is 2.23. The van der Waals surface area contributed by atoms with Crippen LogP contribution in [0.5, 0.6) is 0 Å². The minimum atomic E-state index is -0.0406. The molecule has 0 radical (unpaired) electrons. The Labute approximate surface area is 136 Å². The van der Waals surface area contributed by atoms with Crippen LogP contribution < -0.4 is 10.6 Å². The number of hydrogen-bond donors (Lipinski definition) is 2. The van der Waals surface area contributed by atoms with Crippen molar-refractivity contribution < 1.29 is 9.53 Å². The zero-order valence-corrected chi connectivity index (χ0v) is 14.1. The van der Waals surface area contributed by atoms with E-state index < -0.39 is 0 Å². The van der Waals surface area contributed by atoms with Crippen LogP contribution in [0.3, 0.4) is 0 Å². The predicted octanol–water partition coefficient (Wildman–Crippen LogP) is 3.27. The third-order valence-corrected chi connectivity index (χ3v) is 7.00. The third-order valence-electron chi connectivity index (χ3n) is 5.37. The van der Waals surface area contributed by atoms with Crippen molar-refractivity contribution in [3.05, 3.63) is 20.8 Å². The molecule has 2 aliphatic carbocycles. The van der Waals surface area contributed by atoms with Crippen LogP contribution in [0, 0.1) is 11.3 Å². The van der Waals surface area contributed by atoms with Crippen LogP contribution >= 0.6 is 27.3 Å². The molecule has 114 valence electrons. The van der Waals surface area contributed by atoms with Crippen molar-refractivity contribution in [1.29, 1.82) is 0 Å². The van der Waals surface area contributed by atoms with Gasteiger partial charge in [-0.15, -0.1) is 11.3 Å². The Hall–Kier alpha value is -0.590. The van der Waals surface area contributed by atoms with Gasteiger partial charge in [-0.2, -0.15) is 0 Å². The maximum Gasteiger partial charge on any atom is 0.315 e. The number of nitrogens with one attached hydrogen (secondary N) is 2. The molecule has 4 rings (SSSR count). The van der Waals surface area contributed by atoms with Gasteiger partial charge in [0.2, 0.25) is 0 Å². The standard InChI is InChI=1S/C15H19BrN2O2S/c16-11-3-2-9(21-11)8-17-14(19)18-12-10-4-7-20-13(10)15(12)5-1-6-15/h2-3,10,12-13H,1,4-8H2,(H2,17,18,19). The summed E-state index contributed by atoms with van der Waals surface area (Å²) in [4.78, 5) is 13.3. The lowest BCUT2D eigenvalue weighted by atomic mass is 9.46. The molecule has 1 saturated heterocycles. The second-order valence-corrected chi connectivity index (χ2v) is 8.89. The van der Waals surface area contributed by atoms with Gasteiger partial charge in [0.15, 0.2) is 0 Å². The SMILES string of the molecule is O=C(NCc1ccc(Br)s1)NC1C2CCOC2C12CCC2. The summed E-state index contributed by atoms with van der Waals surface area (Å²) in [7, 11) is 0. The van der Waals surface area contributed by atoms with Crippen molar-refractivity contribution in [3.8, 4) is 0 Å². The number of carbonyl (C=O) groups excluding carboxylic acids is 1.